The zero-order chi connectivity index (χ0) is 13.8. The Hall–Kier alpha value is -0.970. The van der Waals surface area contributed by atoms with Gasteiger partial charge in [0.05, 0.1) is 13.2 Å². The number of rotatable bonds is 4. The van der Waals surface area contributed by atoms with Crippen LogP contribution in [0.5, 0.6) is 5.75 Å². The lowest BCUT2D eigenvalue weighted by molar-refractivity contribution is 0.196. The van der Waals surface area contributed by atoms with Gasteiger partial charge in [-0.25, -0.2) is 0 Å². The topological polar surface area (TPSA) is 29.5 Å². The standard InChI is InChI=1S/C15H15BrO2S/c1-10(17)14-7-6-11(16)8-15(14)19-13-5-3-4-12(9-13)18-2/h3-10,17H,1-2H3. The zero-order valence-electron chi connectivity index (χ0n) is 10.8. The molecule has 1 atom stereocenters. The first-order chi connectivity index (χ1) is 9.10. The van der Waals surface area contributed by atoms with E-state index >= 15 is 0 Å². The molecule has 0 bridgehead atoms. The second-order valence-corrected chi connectivity index (χ2v) is 6.17. The lowest BCUT2D eigenvalue weighted by Gasteiger charge is -2.12. The highest BCUT2D eigenvalue weighted by Crippen LogP contribution is 2.36. The monoisotopic (exact) mass is 338 g/mol. The molecule has 0 radical (unpaired) electrons. The lowest BCUT2D eigenvalue weighted by Crippen LogP contribution is -1.94. The number of hydrogen-bond donors (Lipinski definition) is 1. The van der Waals surface area contributed by atoms with Crippen LogP contribution in [0.25, 0.3) is 0 Å². The molecule has 0 aromatic heterocycles. The van der Waals surface area contributed by atoms with Gasteiger partial charge in [-0.2, -0.15) is 0 Å². The molecular formula is C15H15BrO2S. The molecule has 0 aliphatic rings. The molecule has 0 amide bonds. The lowest BCUT2D eigenvalue weighted by atomic mass is 10.1. The Kier molecular flexibility index (Phi) is 4.91. The summed E-state index contributed by atoms with van der Waals surface area (Å²) >= 11 is 5.08. The molecule has 0 saturated carbocycles. The van der Waals surface area contributed by atoms with Gasteiger partial charge in [-0.15, -0.1) is 0 Å². The van der Waals surface area contributed by atoms with Gasteiger partial charge in [0, 0.05) is 14.3 Å². The predicted octanol–water partition coefficient (Wildman–Crippen LogP) is 4.66. The van der Waals surface area contributed by atoms with Gasteiger partial charge in [0.25, 0.3) is 0 Å². The molecular weight excluding hydrogens is 324 g/mol. The molecule has 2 nitrogen and oxygen atoms in total. The number of aliphatic hydroxyl groups is 1. The summed E-state index contributed by atoms with van der Waals surface area (Å²) in [6.07, 6.45) is -0.485. The fourth-order valence-corrected chi connectivity index (χ4v) is 3.36. The summed E-state index contributed by atoms with van der Waals surface area (Å²) in [5.41, 5.74) is 0.927. The smallest absolute Gasteiger partial charge is 0.119 e. The number of halogens is 1. The van der Waals surface area contributed by atoms with E-state index in [0.717, 1.165) is 25.6 Å². The summed E-state index contributed by atoms with van der Waals surface area (Å²) in [6.45, 7) is 1.78. The van der Waals surface area contributed by atoms with Crippen molar-refractivity contribution in [3.8, 4) is 5.75 Å². The molecule has 0 saturated heterocycles. The molecule has 2 aromatic carbocycles. The normalized spacial score (nSPS) is 12.2. The maximum absolute atomic E-state index is 9.82. The maximum Gasteiger partial charge on any atom is 0.119 e. The predicted molar refractivity (Wildman–Crippen MR) is 81.9 cm³/mol. The summed E-state index contributed by atoms with van der Waals surface area (Å²) in [4.78, 5) is 2.12. The molecule has 2 aromatic rings. The van der Waals surface area contributed by atoms with Crippen LogP contribution in [0.15, 0.2) is 56.7 Å². The van der Waals surface area contributed by atoms with E-state index in [1.54, 1.807) is 25.8 Å². The van der Waals surface area contributed by atoms with Crippen molar-refractivity contribution in [1.82, 2.24) is 0 Å². The second-order valence-electron chi connectivity index (χ2n) is 4.14. The van der Waals surface area contributed by atoms with Crippen LogP contribution in [-0.2, 0) is 0 Å². The van der Waals surface area contributed by atoms with Gasteiger partial charge in [-0.05, 0) is 42.8 Å². The van der Waals surface area contributed by atoms with Crippen LogP contribution in [-0.4, -0.2) is 12.2 Å². The van der Waals surface area contributed by atoms with E-state index in [1.807, 2.05) is 42.5 Å². The molecule has 1 unspecified atom stereocenters. The maximum atomic E-state index is 9.82. The molecule has 2 rings (SSSR count). The molecule has 0 aliphatic carbocycles. The summed E-state index contributed by atoms with van der Waals surface area (Å²) in [5.74, 6) is 0.832. The van der Waals surface area contributed by atoms with Crippen LogP contribution in [0.2, 0.25) is 0 Å². The van der Waals surface area contributed by atoms with Crippen LogP contribution in [0.4, 0.5) is 0 Å². The molecule has 19 heavy (non-hydrogen) atoms. The van der Waals surface area contributed by atoms with Crippen molar-refractivity contribution < 1.29 is 9.84 Å². The Balaban J connectivity index is 2.33. The van der Waals surface area contributed by atoms with E-state index in [4.69, 9.17) is 4.74 Å². The Bertz CT molecular complexity index is 570. The minimum Gasteiger partial charge on any atom is -0.497 e. The van der Waals surface area contributed by atoms with Crippen molar-refractivity contribution in [3.05, 3.63) is 52.5 Å². The molecule has 0 spiro atoms. The fraction of sp³-hybridized carbons (Fsp3) is 0.200. The molecule has 1 N–H and O–H groups in total. The molecule has 4 heteroatoms. The van der Waals surface area contributed by atoms with Gasteiger partial charge in [-0.1, -0.05) is 39.8 Å². The highest BCUT2D eigenvalue weighted by atomic mass is 79.9. The number of hydrogen-bond acceptors (Lipinski definition) is 3. The van der Waals surface area contributed by atoms with Crippen molar-refractivity contribution in [2.24, 2.45) is 0 Å². The number of benzene rings is 2. The first-order valence-corrected chi connectivity index (χ1v) is 7.50. The van der Waals surface area contributed by atoms with Gasteiger partial charge in [-0.3, -0.25) is 0 Å². The largest absolute Gasteiger partial charge is 0.497 e. The third-order valence-electron chi connectivity index (χ3n) is 2.69. The summed E-state index contributed by atoms with van der Waals surface area (Å²) < 4.78 is 6.22. The molecule has 0 fully saturated rings. The van der Waals surface area contributed by atoms with Crippen molar-refractivity contribution >= 4 is 27.7 Å². The Labute approximate surface area is 125 Å². The van der Waals surface area contributed by atoms with Crippen LogP contribution < -0.4 is 4.74 Å². The van der Waals surface area contributed by atoms with E-state index in [-0.39, 0.29) is 0 Å². The van der Waals surface area contributed by atoms with E-state index in [0.29, 0.717) is 0 Å². The Morgan fingerprint density at radius 3 is 2.68 bits per heavy atom. The van der Waals surface area contributed by atoms with Gasteiger partial charge < -0.3 is 9.84 Å². The average molecular weight is 339 g/mol. The van der Waals surface area contributed by atoms with Crippen LogP contribution in [0, 0.1) is 0 Å². The third kappa shape index (κ3) is 3.75. The van der Waals surface area contributed by atoms with Gasteiger partial charge >= 0.3 is 0 Å². The fourth-order valence-electron chi connectivity index (χ4n) is 1.73. The van der Waals surface area contributed by atoms with E-state index in [2.05, 4.69) is 15.9 Å². The van der Waals surface area contributed by atoms with Crippen LogP contribution in [0.1, 0.15) is 18.6 Å². The summed E-state index contributed by atoms with van der Waals surface area (Å²) in [5, 5.41) is 9.82. The molecule has 0 heterocycles. The van der Waals surface area contributed by atoms with Gasteiger partial charge in [0.15, 0.2) is 0 Å². The van der Waals surface area contributed by atoms with Crippen LogP contribution in [0.3, 0.4) is 0 Å². The Morgan fingerprint density at radius 2 is 2.00 bits per heavy atom. The molecule has 0 aliphatic heterocycles. The van der Waals surface area contributed by atoms with Crippen molar-refractivity contribution in [2.45, 2.75) is 22.8 Å². The molecule has 100 valence electrons. The van der Waals surface area contributed by atoms with Crippen molar-refractivity contribution in [2.75, 3.05) is 7.11 Å². The van der Waals surface area contributed by atoms with Crippen LogP contribution >= 0.6 is 27.7 Å². The second kappa shape index (κ2) is 6.46. The number of ether oxygens (including phenoxy) is 1. The average Bonchev–Trinajstić information content (AvgIpc) is 2.38. The quantitative estimate of drug-likeness (QED) is 0.878. The summed E-state index contributed by atoms with van der Waals surface area (Å²) in [7, 11) is 1.66. The number of methoxy groups -OCH3 is 1. The summed E-state index contributed by atoms with van der Waals surface area (Å²) in [6, 6.07) is 13.8. The Morgan fingerprint density at radius 1 is 1.21 bits per heavy atom. The first-order valence-electron chi connectivity index (χ1n) is 5.89. The minimum atomic E-state index is -0.485. The minimum absolute atomic E-state index is 0.485. The van der Waals surface area contributed by atoms with E-state index in [1.165, 1.54) is 0 Å². The highest BCUT2D eigenvalue weighted by Gasteiger charge is 2.10. The highest BCUT2D eigenvalue weighted by molar-refractivity contribution is 9.10. The zero-order valence-corrected chi connectivity index (χ0v) is 13.2. The van der Waals surface area contributed by atoms with Crippen molar-refractivity contribution in [3.63, 3.8) is 0 Å². The SMILES string of the molecule is COc1cccc(Sc2cc(Br)ccc2C(C)O)c1. The van der Waals surface area contributed by atoms with E-state index < -0.39 is 6.10 Å². The van der Waals surface area contributed by atoms with Gasteiger partial charge in [0.2, 0.25) is 0 Å². The number of aliphatic hydroxyl groups excluding tert-OH is 1. The van der Waals surface area contributed by atoms with Gasteiger partial charge in [0.1, 0.15) is 5.75 Å². The van der Waals surface area contributed by atoms with Crippen molar-refractivity contribution in [1.29, 1.82) is 0 Å². The van der Waals surface area contributed by atoms with E-state index in [9.17, 15) is 5.11 Å². The third-order valence-corrected chi connectivity index (χ3v) is 4.25. The first kappa shape index (κ1) is 14.4.